The highest BCUT2D eigenvalue weighted by Gasteiger charge is 2.47. The molecule has 0 unspecified atom stereocenters. The van der Waals surface area contributed by atoms with Gasteiger partial charge in [0.05, 0.1) is 5.54 Å². The van der Waals surface area contributed by atoms with Gasteiger partial charge in [-0.3, -0.25) is 4.99 Å². The molecule has 0 spiro atoms. The van der Waals surface area contributed by atoms with Crippen molar-refractivity contribution in [2.45, 2.75) is 44.3 Å². The zero-order valence-electron chi connectivity index (χ0n) is 10.4. The molecule has 1 saturated carbocycles. The van der Waals surface area contributed by atoms with Gasteiger partial charge < -0.3 is 5.21 Å². The molecule has 1 fully saturated rings. The normalized spacial score (nSPS) is 32.2. The maximum Gasteiger partial charge on any atom is 0.151 e. The molecular formula is C14H17BrN2O. The van der Waals surface area contributed by atoms with Crippen molar-refractivity contribution in [1.82, 2.24) is 5.06 Å². The molecule has 2 atom stereocenters. The summed E-state index contributed by atoms with van der Waals surface area (Å²) in [7, 11) is 0. The fourth-order valence-electron chi connectivity index (χ4n) is 2.95. The van der Waals surface area contributed by atoms with Gasteiger partial charge >= 0.3 is 0 Å². The highest BCUT2D eigenvalue weighted by atomic mass is 79.9. The Kier molecular flexibility index (Phi) is 3.04. The molecule has 1 N–H and O–H groups in total. The van der Waals surface area contributed by atoms with Crippen LogP contribution < -0.4 is 0 Å². The van der Waals surface area contributed by atoms with E-state index in [-0.39, 0.29) is 11.7 Å². The van der Waals surface area contributed by atoms with Crippen LogP contribution in [0.4, 0.5) is 0 Å². The Bertz CT molecular complexity index is 485. The average Bonchev–Trinajstić information content (AvgIpc) is 2.64. The summed E-state index contributed by atoms with van der Waals surface area (Å²) < 4.78 is 1.05. The summed E-state index contributed by atoms with van der Waals surface area (Å²) in [5, 5.41) is 11.9. The minimum atomic E-state index is -0.254. The van der Waals surface area contributed by atoms with Crippen molar-refractivity contribution < 1.29 is 5.21 Å². The third-order valence-electron chi connectivity index (χ3n) is 4.13. The number of aliphatic imine (C=N–C) groups is 1. The highest BCUT2D eigenvalue weighted by Crippen LogP contribution is 2.42. The van der Waals surface area contributed by atoms with Crippen LogP contribution in [0.5, 0.6) is 0 Å². The number of fused-ring (bicyclic) bond motifs is 1. The summed E-state index contributed by atoms with van der Waals surface area (Å²) in [6, 6.07) is 8.02. The second-order valence-corrected chi connectivity index (χ2v) is 6.24. The van der Waals surface area contributed by atoms with Gasteiger partial charge in [0.1, 0.15) is 0 Å². The Hall–Kier alpha value is -0.710. The van der Waals surface area contributed by atoms with Gasteiger partial charge in [-0.1, -0.05) is 34.5 Å². The molecule has 1 aromatic rings. The second-order valence-electron chi connectivity index (χ2n) is 5.33. The van der Waals surface area contributed by atoms with E-state index in [0.29, 0.717) is 0 Å². The molecule has 1 heterocycles. The molecule has 4 heteroatoms. The lowest BCUT2D eigenvalue weighted by Gasteiger charge is -2.36. The van der Waals surface area contributed by atoms with Crippen LogP contribution >= 0.6 is 15.9 Å². The molecule has 0 aromatic heterocycles. The lowest BCUT2D eigenvalue weighted by Crippen LogP contribution is -2.48. The van der Waals surface area contributed by atoms with Crippen LogP contribution in [0.25, 0.3) is 0 Å². The van der Waals surface area contributed by atoms with E-state index in [1.807, 2.05) is 24.3 Å². The first kappa shape index (κ1) is 12.3. The summed E-state index contributed by atoms with van der Waals surface area (Å²) >= 11 is 3.43. The monoisotopic (exact) mass is 308 g/mol. The molecule has 0 amide bonds. The zero-order chi connectivity index (χ0) is 12.8. The highest BCUT2D eigenvalue weighted by molar-refractivity contribution is 9.10. The van der Waals surface area contributed by atoms with Crippen LogP contribution in [-0.4, -0.2) is 21.5 Å². The van der Waals surface area contributed by atoms with E-state index in [2.05, 4.69) is 22.9 Å². The number of benzene rings is 1. The van der Waals surface area contributed by atoms with Crippen molar-refractivity contribution in [3.05, 3.63) is 34.3 Å². The Labute approximate surface area is 116 Å². The van der Waals surface area contributed by atoms with Gasteiger partial charge in [-0.2, -0.15) is 5.06 Å². The van der Waals surface area contributed by atoms with Crippen molar-refractivity contribution in [3.8, 4) is 0 Å². The van der Waals surface area contributed by atoms with Crippen molar-refractivity contribution in [1.29, 1.82) is 0 Å². The Morgan fingerprint density at radius 1 is 1.33 bits per heavy atom. The topological polar surface area (TPSA) is 35.8 Å². The first-order valence-corrected chi connectivity index (χ1v) is 7.21. The summed E-state index contributed by atoms with van der Waals surface area (Å²) in [5.41, 5.74) is 1.95. The van der Waals surface area contributed by atoms with Crippen molar-refractivity contribution >= 4 is 21.6 Å². The van der Waals surface area contributed by atoms with E-state index >= 15 is 0 Å². The van der Waals surface area contributed by atoms with E-state index in [4.69, 9.17) is 4.99 Å². The number of rotatable bonds is 1. The summed E-state index contributed by atoms with van der Waals surface area (Å²) in [4.78, 5) is 4.74. The molecule has 0 radical (unpaired) electrons. The average molecular weight is 309 g/mol. The molecule has 1 aliphatic carbocycles. The van der Waals surface area contributed by atoms with Gasteiger partial charge in [-0.05, 0) is 43.9 Å². The first-order valence-electron chi connectivity index (χ1n) is 6.42. The Balaban J connectivity index is 1.95. The molecule has 3 nitrogen and oxygen atoms in total. The summed E-state index contributed by atoms with van der Waals surface area (Å²) in [5.74, 6) is 0. The molecule has 1 aliphatic heterocycles. The van der Waals surface area contributed by atoms with Crippen LogP contribution in [0.3, 0.4) is 0 Å². The maximum atomic E-state index is 10.5. The first-order chi connectivity index (χ1) is 8.61. The SMILES string of the molecule is C[C@]12CCCCC1=N[C@@H](c1ccc(Br)cc1)N2O. The van der Waals surface area contributed by atoms with Crippen LogP contribution in [0.15, 0.2) is 33.7 Å². The van der Waals surface area contributed by atoms with Crippen molar-refractivity contribution in [2.75, 3.05) is 0 Å². The fraction of sp³-hybridized carbons (Fsp3) is 0.500. The van der Waals surface area contributed by atoms with Crippen LogP contribution in [-0.2, 0) is 0 Å². The van der Waals surface area contributed by atoms with Gasteiger partial charge in [0.15, 0.2) is 6.17 Å². The third kappa shape index (κ3) is 1.83. The van der Waals surface area contributed by atoms with Crippen LogP contribution in [0, 0.1) is 0 Å². The summed E-state index contributed by atoms with van der Waals surface area (Å²) in [6.07, 6.45) is 4.13. The number of hydrogen-bond donors (Lipinski definition) is 1. The largest absolute Gasteiger partial charge is 0.311 e. The minimum Gasteiger partial charge on any atom is -0.311 e. The maximum absolute atomic E-state index is 10.5. The lowest BCUT2D eigenvalue weighted by molar-refractivity contribution is -0.168. The Morgan fingerprint density at radius 2 is 2.06 bits per heavy atom. The van der Waals surface area contributed by atoms with Crippen LogP contribution in [0.1, 0.15) is 44.3 Å². The van der Waals surface area contributed by atoms with Gasteiger partial charge in [0.25, 0.3) is 0 Å². The van der Waals surface area contributed by atoms with Gasteiger partial charge in [0, 0.05) is 10.2 Å². The fourth-order valence-corrected chi connectivity index (χ4v) is 3.21. The van der Waals surface area contributed by atoms with E-state index in [9.17, 15) is 5.21 Å². The Morgan fingerprint density at radius 3 is 2.72 bits per heavy atom. The lowest BCUT2D eigenvalue weighted by atomic mass is 9.82. The standard InChI is InChI=1S/C14H17BrN2O/c1-14-9-3-2-4-12(14)16-13(17(14)18)10-5-7-11(15)8-6-10/h5-8,13,18H,2-4,9H2,1H3/t13-,14+/m1/s1. The van der Waals surface area contributed by atoms with Crippen molar-refractivity contribution in [2.24, 2.45) is 4.99 Å². The molecule has 96 valence electrons. The molecule has 0 saturated heterocycles. The minimum absolute atomic E-state index is 0.240. The smallest absolute Gasteiger partial charge is 0.151 e. The van der Waals surface area contributed by atoms with E-state index in [1.54, 1.807) is 0 Å². The molecule has 1 aromatic carbocycles. The van der Waals surface area contributed by atoms with E-state index in [1.165, 1.54) is 17.9 Å². The predicted octanol–water partition coefficient (Wildman–Crippen LogP) is 3.93. The molecule has 3 rings (SSSR count). The van der Waals surface area contributed by atoms with Gasteiger partial charge in [-0.25, -0.2) is 0 Å². The molecule has 18 heavy (non-hydrogen) atoms. The number of halogens is 1. The second kappa shape index (κ2) is 4.44. The number of hydroxylamine groups is 2. The van der Waals surface area contributed by atoms with E-state index < -0.39 is 0 Å². The molecular weight excluding hydrogens is 292 g/mol. The van der Waals surface area contributed by atoms with Gasteiger partial charge in [0.2, 0.25) is 0 Å². The quantitative estimate of drug-likeness (QED) is 0.853. The van der Waals surface area contributed by atoms with Crippen LogP contribution in [0.2, 0.25) is 0 Å². The predicted molar refractivity (Wildman–Crippen MR) is 74.8 cm³/mol. The number of nitrogens with zero attached hydrogens (tertiary/aromatic N) is 2. The van der Waals surface area contributed by atoms with Crippen molar-refractivity contribution in [3.63, 3.8) is 0 Å². The molecule has 0 bridgehead atoms. The third-order valence-corrected chi connectivity index (χ3v) is 4.66. The van der Waals surface area contributed by atoms with Gasteiger partial charge in [-0.15, -0.1) is 0 Å². The molecule has 2 aliphatic rings. The van der Waals surface area contributed by atoms with E-state index in [0.717, 1.165) is 28.6 Å². The number of hydrogen-bond acceptors (Lipinski definition) is 3. The zero-order valence-corrected chi connectivity index (χ0v) is 12.0. The summed E-state index contributed by atoms with van der Waals surface area (Å²) in [6.45, 7) is 2.10.